The molecule has 9 heteroatoms. The van der Waals surface area contributed by atoms with Crippen LogP contribution >= 0.6 is 0 Å². The summed E-state index contributed by atoms with van der Waals surface area (Å²) in [5.41, 5.74) is 8.27. The minimum absolute atomic E-state index is 0.0183. The first-order valence-electron chi connectivity index (χ1n) is 8.92. The van der Waals surface area contributed by atoms with Crippen LogP contribution in [0.4, 0.5) is 11.8 Å². The number of nitrogens with zero attached hydrogens (tertiary/aromatic N) is 5. The number of fused-ring (bicyclic) bond motifs is 1. The lowest BCUT2D eigenvalue weighted by Crippen LogP contribution is -2.17. The first kappa shape index (κ1) is 17.3. The Kier molecular flexibility index (Phi) is 4.68. The van der Waals surface area contributed by atoms with Crippen molar-refractivity contribution in [3.8, 4) is 0 Å². The minimum Gasteiger partial charge on any atom is -0.382 e. The Morgan fingerprint density at radius 3 is 2.93 bits per heavy atom. The molecule has 0 bridgehead atoms. The summed E-state index contributed by atoms with van der Waals surface area (Å²) in [6.45, 7) is 2.20. The molecule has 0 spiro atoms. The van der Waals surface area contributed by atoms with E-state index in [0.29, 0.717) is 22.9 Å². The van der Waals surface area contributed by atoms with Crippen molar-refractivity contribution < 1.29 is 4.74 Å². The summed E-state index contributed by atoms with van der Waals surface area (Å²) in [5, 5.41) is 6.39. The lowest BCUT2D eigenvalue weighted by Gasteiger charge is -2.20. The molecule has 1 fully saturated rings. The Bertz CT molecular complexity index is 944. The molecule has 9 nitrogen and oxygen atoms in total. The van der Waals surface area contributed by atoms with Gasteiger partial charge in [0.2, 0.25) is 5.95 Å². The zero-order valence-corrected chi connectivity index (χ0v) is 14.9. The zero-order valence-electron chi connectivity index (χ0n) is 14.9. The van der Waals surface area contributed by atoms with Gasteiger partial charge in [0, 0.05) is 0 Å². The summed E-state index contributed by atoms with van der Waals surface area (Å²) >= 11 is 0. The third kappa shape index (κ3) is 3.33. The summed E-state index contributed by atoms with van der Waals surface area (Å²) in [5.74, 6) is 0.927. The Morgan fingerprint density at radius 2 is 2.15 bits per heavy atom. The Morgan fingerprint density at radius 1 is 1.33 bits per heavy atom. The second kappa shape index (κ2) is 7.28. The summed E-state index contributed by atoms with van der Waals surface area (Å²) in [6, 6.07) is 10.1. The van der Waals surface area contributed by atoms with E-state index in [2.05, 4.69) is 44.5 Å². The smallest absolute Gasteiger partial charge is 0.207 e. The number of benzene rings is 1. The van der Waals surface area contributed by atoms with Crippen molar-refractivity contribution in [1.29, 1.82) is 0 Å². The van der Waals surface area contributed by atoms with E-state index in [9.17, 15) is 4.91 Å². The fourth-order valence-electron chi connectivity index (χ4n) is 3.41. The van der Waals surface area contributed by atoms with Crippen molar-refractivity contribution in [1.82, 2.24) is 19.5 Å². The van der Waals surface area contributed by atoms with Gasteiger partial charge in [-0.2, -0.15) is 4.91 Å². The standard InChI is InChI=1S/C18H21N7O2/c1-11(12-5-3-2-4-6-12)23-18-24-15-16(19)20-10-21-17(15)25(18)14-8-7-13(27-14)9-22-26/h2-6,10-11,13-14H,7-9H2,1H3,(H,23,24)(H2,19,20,21). The molecule has 3 atom stereocenters. The molecule has 1 aliphatic heterocycles. The summed E-state index contributed by atoms with van der Waals surface area (Å²) in [6.07, 6.45) is 2.43. The highest BCUT2D eigenvalue weighted by molar-refractivity contribution is 5.84. The number of ether oxygens (including phenoxy) is 1. The molecule has 1 aromatic carbocycles. The number of hydrogen-bond acceptors (Lipinski definition) is 8. The van der Waals surface area contributed by atoms with Gasteiger partial charge in [-0.05, 0) is 25.3 Å². The highest BCUT2D eigenvalue weighted by atomic mass is 16.5. The van der Waals surface area contributed by atoms with Crippen LogP contribution in [0.2, 0.25) is 0 Å². The normalized spacial score (nSPS) is 20.6. The predicted molar refractivity (Wildman–Crippen MR) is 102 cm³/mol. The van der Waals surface area contributed by atoms with E-state index < -0.39 is 0 Å². The molecule has 27 heavy (non-hydrogen) atoms. The van der Waals surface area contributed by atoms with Crippen LogP contribution in [0.5, 0.6) is 0 Å². The molecule has 0 aliphatic carbocycles. The van der Waals surface area contributed by atoms with Crippen molar-refractivity contribution >= 4 is 22.9 Å². The number of nitroso groups, excluding NO2 is 1. The maximum Gasteiger partial charge on any atom is 0.207 e. The van der Waals surface area contributed by atoms with Crippen LogP contribution < -0.4 is 11.1 Å². The molecule has 1 saturated heterocycles. The highest BCUT2D eigenvalue weighted by Gasteiger charge is 2.31. The van der Waals surface area contributed by atoms with Crippen LogP contribution in [0, 0.1) is 4.91 Å². The Hall–Kier alpha value is -3.07. The molecule has 2 aromatic heterocycles. The van der Waals surface area contributed by atoms with Crippen LogP contribution in [0.15, 0.2) is 41.8 Å². The number of anilines is 2. The number of nitrogen functional groups attached to an aromatic ring is 1. The molecule has 0 amide bonds. The van der Waals surface area contributed by atoms with Gasteiger partial charge in [-0.1, -0.05) is 35.5 Å². The fraction of sp³-hybridized carbons (Fsp3) is 0.389. The topological polar surface area (TPSA) is 120 Å². The van der Waals surface area contributed by atoms with Crippen molar-refractivity contribution in [3.05, 3.63) is 47.1 Å². The third-order valence-corrected chi connectivity index (χ3v) is 4.80. The van der Waals surface area contributed by atoms with E-state index in [-0.39, 0.29) is 24.9 Å². The maximum atomic E-state index is 10.6. The van der Waals surface area contributed by atoms with Crippen molar-refractivity contribution in [2.24, 2.45) is 5.18 Å². The summed E-state index contributed by atoms with van der Waals surface area (Å²) in [7, 11) is 0. The van der Waals surface area contributed by atoms with Gasteiger partial charge in [-0.25, -0.2) is 15.0 Å². The van der Waals surface area contributed by atoms with E-state index in [1.54, 1.807) is 0 Å². The van der Waals surface area contributed by atoms with Gasteiger partial charge in [-0.3, -0.25) is 4.57 Å². The second-order valence-electron chi connectivity index (χ2n) is 6.62. The molecule has 3 heterocycles. The van der Waals surface area contributed by atoms with E-state index in [1.807, 2.05) is 22.8 Å². The molecule has 3 N–H and O–H groups in total. The van der Waals surface area contributed by atoms with Crippen LogP contribution in [-0.2, 0) is 4.74 Å². The Labute approximate surface area is 155 Å². The lowest BCUT2D eigenvalue weighted by molar-refractivity contribution is 0.00993. The van der Waals surface area contributed by atoms with Gasteiger partial charge in [-0.15, -0.1) is 0 Å². The van der Waals surface area contributed by atoms with Gasteiger partial charge in [0.15, 0.2) is 17.0 Å². The van der Waals surface area contributed by atoms with Gasteiger partial charge in [0.05, 0.1) is 12.1 Å². The molecule has 3 aromatic rings. The van der Waals surface area contributed by atoms with Crippen LogP contribution in [0.3, 0.4) is 0 Å². The molecular formula is C18H21N7O2. The lowest BCUT2D eigenvalue weighted by atomic mass is 10.1. The van der Waals surface area contributed by atoms with Crippen LogP contribution in [-0.4, -0.2) is 32.2 Å². The highest BCUT2D eigenvalue weighted by Crippen LogP contribution is 2.35. The molecule has 3 unspecified atom stereocenters. The number of imidazole rings is 1. The largest absolute Gasteiger partial charge is 0.382 e. The number of aromatic nitrogens is 4. The second-order valence-corrected chi connectivity index (χ2v) is 6.62. The van der Waals surface area contributed by atoms with Gasteiger partial charge < -0.3 is 15.8 Å². The quantitative estimate of drug-likeness (QED) is 0.642. The molecule has 140 valence electrons. The molecule has 4 rings (SSSR count). The Balaban J connectivity index is 1.71. The molecular weight excluding hydrogens is 346 g/mol. The third-order valence-electron chi connectivity index (χ3n) is 4.80. The maximum absolute atomic E-state index is 10.6. The SMILES string of the molecule is CC(Nc1nc2c(N)ncnc2n1C1CCC(CN=O)O1)c1ccccc1. The zero-order chi connectivity index (χ0) is 18.8. The average Bonchev–Trinajstić information content (AvgIpc) is 3.27. The first-order valence-corrected chi connectivity index (χ1v) is 8.92. The number of nitrogens with two attached hydrogens (primary N) is 1. The van der Waals surface area contributed by atoms with Crippen molar-refractivity contribution in [2.45, 2.75) is 38.1 Å². The van der Waals surface area contributed by atoms with Crippen molar-refractivity contribution in [2.75, 3.05) is 17.6 Å². The summed E-state index contributed by atoms with van der Waals surface area (Å²) < 4.78 is 7.91. The van der Waals surface area contributed by atoms with Crippen LogP contribution in [0.25, 0.3) is 11.2 Å². The van der Waals surface area contributed by atoms with Crippen molar-refractivity contribution in [3.63, 3.8) is 0 Å². The number of hydrogen-bond donors (Lipinski definition) is 2. The predicted octanol–water partition coefficient (Wildman–Crippen LogP) is 3.03. The van der Waals surface area contributed by atoms with Gasteiger partial charge >= 0.3 is 0 Å². The molecule has 0 radical (unpaired) electrons. The average molecular weight is 367 g/mol. The molecule has 1 aliphatic rings. The van der Waals surface area contributed by atoms with Gasteiger partial charge in [0.25, 0.3) is 0 Å². The monoisotopic (exact) mass is 367 g/mol. The van der Waals surface area contributed by atoms with E-state index in [1.165, 1.54) is 6.33 Å². The first-order chi connectivity index (χ1) is 13.2. The minimum atomic E-state index is -0.290. The van der Waals surface area contributed by atoms with E-state index in [4.69, 9.17) is 10.5 Å². The number of rotatable bonds is 6. The molecule has 0 saturated carbocycles. The fourth-order valence-corrected chi connectivity index (χ4v) is 3.41. The summed E-state index contributed by atoms with van der Waals surface area (Å²) in [4.78, 5) is 23.6. The number of nitrogens with one attached hydrogen (secondary N) is 1. The van der Waals surface area contributed by atoms with E-state index in [0.717, 1.165) is 18.4 Å². The van der Waals surface area contributed by atoms with Crippen LogP contribution in [0.1, 0.15) is 37.6 Å². The van der Waals surface area contributed by atoms with Gasteiger partial charge in [0.1, 0.15) is 19.1 Å². The van der Waals surface area contributed by atoms with E-state index >= 15 is 0 Å².